The van der Waals surface area contributed by atoms with Gasteiger partial charge in [-0.05, 0) is 70.1 Å². The highest BCUT2D eigenvalue weighted by Gasteiger charge is 2.39. The molecular formula is C27H27F2N5O2. The number of fused-ring (bicyclic) bond motifs is 1. The molecule has 2 atom stereocenters. The summed E-state index contributed by atoms with van der Waals surface area (Å²) in [5.41, 5.74) is 4.90. The summed E-state index contributed by atoms with van der Waals surface area (Å²) in [5, 5.41) is 4.09. The van der Waals surface area contributed by atoms with E-state index in [1.807, 2.05) is 19.9 Å². The maximum atomic E-state index is 14.1. The zero-order chi connectivity index (χ0) is 25.1. The molecule has 1 unspecified atom stereocenters. The molecule has 2 aliphatic heterocycles. The SMILES string of the molecule is Cc1noc(C)c1-c1ccc2c(c1)nc([C@@H]1CCC(=O)N1c1ccc(F)c(F)c1)n2C1CCN(C)C1. The summed E-state index contributed by atoms with van der Waals surface area (Å²) in [6, 6.07) is 9.62. The van der Waals surface area contributed by atoms with Crippen LogP contribution in [-0.4, -0.2) is 45.7 Å². The quantitative estimate of drug-likeness (QED) is 0.386. The molecule has 2 saturated heterocycles. The van der Waals surface area contributed by atoms with Gasteiger partial charge in [-0.25, -0.2) is 13.8 Å². The van der Waals surface area contributed by atoms with Gasteiger partial charge in [0.05, 0.1) is 22.8 Å². The van der Waals surface area contributed by atoms with Gasteiger partial charge in [-0.1, -0.05) is 11.2 Å². The Morgan fingerprint density at radius 2 is 1.89 bits per heavy atom. The van der Waals surface area contributed by atoms with E-state index in [1.165, 1.54) is 6.07 Å². The fourth-order valence-corrected chi connectivity index (χ4v) is 5.80. The molecule has 0 saturated carbocycles. The van der Waals surface area contributed by atoms with E-state index in [2.05, 4.69) is 33.8 Å². The Bertz CT molecular complexity index is 1470. The standard InChI is InChI=1S/C27H27F2N5O2/c1-15-26(16(2)36-31-15)17-4-7-23-22(12-17)30-27(34(23)19-10-11-32(3)14-19)24-8-9-25(35)33(24)18-5-6-20(28)21(29)13-18/h4-7,12-13,19,24H,8-11,14H2,1-3H3/t19?,24-/m0/s1. The first-order chi connectivity index (χ1) is 17.3. The minimum absolute atomic E-state index is 0.121. The van der Waals surface area contributed by atoms with Crippen LogP contribution in [0.1, 0.15) is 48.6 Å². The molecule has 7 nitrogen and oxygen atoms in total. The monoisotopic (exact) mass is 491 g/mol. The summed E-state index contributed by atoms with van der Waals surface area (Å²) < 4.78 is 35.4. The summed E-state index contributed by atoms with van der Waals surface area (Å²) >= 11 is 0. The number of anilines is 1. The summed E-state index contributed by atoms with van der Waals surface area (Å²) in [6.45, 7) is 5.65. The predicted octanol–water partition coefficient (Wildman–Crippen LogP) is 5.33. The third kappa shape index (κ3) is 3.61. The molecule has 2 fully saturated rings. The lowest BCUT2D eigenvalue weighted by Gasteiger charge is -2.27. The Labute approximate surface area is 207 Å². The maximum absolute atomic E-state index is 14.1. The van der Waals surface area contributed by atoms with Gasteiger partial charge in [-0.3, -0.25) is 4.79 Å². The van der Waals surface area contributed by atoms with Gasteiger partial charge in [0.15, 0.2) is 11.6 Å². The number of rotatable bonds is 4. The number of aromatic nitrogens is 3. The Kier molecular flexibility index (Phi) is 5.40. The average Bonchev–Trinajstić information content (AvgIpc) is 3.61. The van der Waals surface area contributed by atoms with E-state index >= 15 is 0 Å². The van der Waals surface area contributed by atoms with Crippen LogP contribution in [0.2, 0.25) is 0 Å². The van der Waals surface area contributed by atoms with Crippen molar-refractivity contribution in [3.8, 4) is 11.1 Å². The van der Waals surface area contributed by atoms with E-state index < -0.39 is 11.6 Å². The summed E-state index contributed by atoms with van der Waals surface area (Å²) in [5.74, 6) is -0.507. The van der Waals surface area contributed by atoms with Crippen molar-refractivity contribution in [2.75, 3.05) is 25.0 Å². The van der Waals surface area contributed by atoms with Gasteiger partial charge in [0.1, 0.15) is 11.6 Å². The molecule has 2 aromatic heterocycles. The molecule has 9 heteroatoms. The van der Waals surface area contributed by atoms with E-state index in [1.54, 1.807) is 4.90 Å². The first kappa shape index (κ1) is 22.8. The van der Waals surface area contributed by atoms with Crippen LogP contribution in [0.15, 0.2) is 40.9 Å². The third-order valence-electron chi connectivity index (χ3n) is 7.46. The maximum Gasteiger partial charge on any atom is 0.227 e. The second-order valence-electron chi connectivity index (χ2n) is 9.86. The fraction of sp³-hybridized carbons (Fsp3) is 0.370. The van der Waals surface area contributed by atoms with Crippen molar-refractivity contribution in [3.05, 3.63) is 65.3 Å². The number of carbonyl (C=O) groups excluding carboxylic acids is 1. The van der Waals surface area contributed by atoms with Crippen LogP contribution < -0.4 is 4.90 Å². The van der Waals surface area contributed by atoms with Gasteiger partial charge in [-0.2, -0.15) is 0 Å². The van der Waals surface area contributed by atoms with Crippen LogP contribution in [0.5, 0.6) is 0 Å². The number of amides is 1. The van der Waals surface area contributed by atoms with Crippen molar-refractivity contribution in [3.63, 3.8) is 0 Å². The van der Waals surface area contributed by atoms with Gasteiger partial charge >= 0.3 is 0 Å². The van der Waals surface area contributed by atoms with Crippen molar-refractivity contribution in [1.29, 1.82) is 0 Å². The van der Waals surface area contributed by atoms with E-state index in [4.69, 9.17) is 9.51 Å². The number of hydrogen-bond acceptors (Lipinski definition) is 5. The van der Waals surface area contributed by atoms with Crippen LogP contribution in [0.25, 0.3) is 22.2 Å². The highest BCUT2D eigenvalue weighted by molar-refractivity contribution is 5.96. The molecule has 0 N–H and O–H groups in total. The number of likely N-dealkylation sites (tertiary alicyclic amines) is 1. The Hall–Kier alpha value is -3.59. The van der Waals surface area contributed by atoms with Crippen molar-refractivity contribution >= 4 is 22.6 Å². The molecule has 36 heavy (non-hydrogen) atoms. The molecule has 186 valence electrons. The molecule has 4 heterocycles. The molecule has 0 spiro atoms. The molecule has 2 aliphatic rings. The topological polar surface area (TPSA) is 67.4 Å². The largest absolute Gasteiger partial charge is 0.361 e. The summed E-state index contributed by atoms with van der Waals surface area (Å²) in [7, 11) is 2.10. The van der Waals surface area contributed by atoms with E-state index in [0.717, 1.165) is 71.1 Å². The first-order valence-corrected chi connectivity index (χ1v) is 12.2. The number of likely N-dealkylation sites (N-methyl/N-ethyl adjacent to an activating group) is 1. The van der Waals surface area contributed by atoms with Crippen molar-refractivity contribution in [2.45, 2.75) is 45.2 Å². The molecule has 6 rings (SSSR count). The number of nitrogens with zero attached hydrogens (tertiary/aromatic N) is 5. The van der Waals surface area contributed by atoms with Crippen LogP contribution in [0.4, 0.5) is 14.5 Å². The van der Waals surface area contributed by atoms with E-state index in [-0.39, 0.29) is 18.0 Å². The van der Waals surface area contributed by atoms with Gasteiger partial charge in [-0.15, -0.1) is 0 Å². The number of hydrogen-bond donors (Lipinski definition) is 0. The molecule has 0 aliphatic carbocycles. The number of benzene rings is 2. The molecule has 0 bridgehead atoms. The number of halogens is 2. The smallest absolute Gasteiger partial charge is 0.227 e. The van der Waals surface area contributed by atoms with E-state index in [0.29, 0.717) is 18.5 Å². The second-order valence-corrected chi connectivity index (χ2v) is 9.86. The lowest BCUT2D eigenvalue weighted by Crippen LogP contribution is -2.30. The van der Waals surface area contributed by atoms with Gasteiger partial charge in [0, 0.05) is 36.3 Å². The van der Waals surface area contributed by atoms with Crippen LogP contribution in [0, 0.1) is 25.5 Å². The minimum Gasteiger partial charge on any atom is -0.361 e. The lowest BCUT2D eigenvalue weighted by molar-refractivity contribution is -0.117. The summed E-state index contributed by atoms with van der Waals surface area (Å²) in [6.07, 6.45) is 1.84. The van der Waals surface area contributed by atoms with Crippen LogP contribution in [-0.2, 0) is 4.79 Å². The van der Waals surface area contributed by atoms with Gasteiger partial charge in [0.25, 0.3) is 0 Å². The molecule has 4 aromatic rings. The predicted molar refractivity (Wildman–Crippen MR) is 132 cm³/mol. The number of aryl methyl sites for hydroxylation is 2. The highest BCUT2D eigenvalue weighted by Crippen LogP contribution is 2.41. The minimum atomic E-state index is -0.971. The van der Waals surface area contributed by atoms with Crippen molar-refractivity contribution in [2.24, 2.45) is 0 Å². The van der Waals surface area contributed by atoms with E-state index in [9.17, 15) is 13.6 Å². The van der Waals surface area contributed by atoms with Gasteiger partial charge < -0.3 is 18.9 Å². The van der Waals surface area contributed by atoms with Crippen LogP contribution >= 0.6 is 0 Å². The third-order valence-corrected chi connectivity index (χ3v) is 7.46. The number of carbonyl (C=O) groups is 1. The van der Waals surface area contributed by atoms with Crippen molar-refractivity contribution in [1.82, 2.24) is 19.6 Å². The second kappa shape index (κ2) is 8.51. The van der Waals surface area contributed by atoms with Crippen LogP contribution in [0.3, 0.4) is 0 Å². The molecule has 2 aromatic carbocycles. The first-order valence-electron chi connectivity index (χ1n) is 12.2. The Morgan fingerprint density at radius 3 is 2.58 bits per heavy atom. The fourth-order valence-electron chi connectivity index (χ4n) is 5.80. The number of imidazole rings is 1. The normalized spacial score (nSPS) is 20.8. The summed E-state index contributed by atoms with van der Waals surface area (Å²) in [4.78, 5) is 21.9. The molecule has 1 amide bonds. The molecular weight excluding hydrogens is 464 g/mol. The lowest BCUT2D eigenvalue weighted by atomic mass is 10.0. The Balaban J connectivity index is 1.51. The Morgan fingerprint density at radius 1 is 1.06 bits per heavy atom. The average molecular weight is 492 g/mol. The zero-order valence-corrected chi connectivity index (χ0v) is 20.5. The van der Waals surface area contributed by atoms with Gasteiger partial charge in [0.2, 0.25) is 5.91 Å². The highest BCUT2D eigenvalue weighted by atomic mass is 19.2. The molecule has 0 radical (unpaired) electrons. The van der Waals surface area contributed by atoms with Crippen molar-refractivity contribution < 1.29 is 18.1 Å². The zero-order valence-electron chi connectivity index (χ0n) is 20.5.